The molecule has 192 valence electrons. The van der Waals surface area contributed by atoms with Crippen LogP contribution in [0.3, 0.4) is 0 Å². The fourth-order valence-electron chi connectivity index (χ4n) is 4.77. The van der Waals surface area contributed by atoms with Crippen LogP contribution in [0.1, 0.15) is 49.9 Å². The van der Waals surface area contributed by atoms with Crippen molar-refractivity contribution in [2.75, 3.05) is 42.6 Å². The summed E-state index contributed by atoms with van der Waals surface area (Å²) in [7, 11) is 0. The van der Waals surface area contributed by atoms with Gasteiger partial charge in [0, 0.05) is 44.1 Å². The Balaban J connectivity index is 1.11. The maximum atomic E-state index is 14.3. The van der Waals surface area contributed by atoms with Crippen molar-refractivity contribution >= 4 is 12.0 Å². The SMILES string of the molecule is CC(C)c1noc(N2CCC(COc3cnc(N4C[C@H](c5cccc(F)c5F)[C@@H](N)C4)nc3)CC2)n1. The Morgan fingerprint density at radius 3 is 2.56 bits per heavy atom. The zero-order valence-electron chi connectivity index (χ0n) is 20.5. The van der Waals surface area contributed by atoms with E-state index in [2.05, 4.69) is 25.0 Å². The summed E-state index contributed by atoms with van der Waals surface area (Å²) in [5, 5.41) is 4.04. The lowest BCUT2D eigenvalue weighted by molar-refractivity contribution is 0.219. The predicted molar refractivity (Wildman–Crippen MR) is 130 cm³/mol. The van der Waals surface area contributed by atoms with Crippen molar-refractivity contribution in [3.05, 3.63) is 53.6 Å². The van der Waals surface area contributed by atoms with Crippen molar-refractivity contribution in [2.45, 2.75) is 44.6 Å². The number of nitrogens with two attached hydrogens (primary N) is 1. The molecule has 3 aromatic rings. The van der Waals surface area contributed by atoms with Gasteiger partial charge in [0.05, 0.1) is 19.0 Å². The van der Waals surface area contributed by atoms with Gasteiger partial charge in [0.15, 0.2) is 23.2 Å². The molecule has 0 spiro atoms. The Bertz CT molecular complexity index is 1170. The molecule has 2 N–H and O–H groups in total. The summed E-state index contributed by atoms with van der Waals surface area (Å²) in [6, 6.07) is 4.43. The zero-order valence-corrected chi connectivity index (χ0v) is 20.5. The first-order valence-corrected chi connectivity index (χ1v) is 12.4. The van der Waals surface area contributed by atoms with Gasteiger partial charge in [-0.05, 0) is 30.4 Å². The van der Waals surface area contributed by atoms with Gasteiger partial charge < -0.3 is 24.8 Å². The van der Waals surface area contributed by atoms with E-state index in [4.69, 9.17) is 15.0 Å². The summed E-state index contributed by atoms with van der Waals surface area (Å²) < 4.78 is 39.3. The fraction of sp³-hybridized carbons (Fsp3) is 0.520. The van der Waals surface area contributed by atoms with Gasteiger partial charge in [-0.3, -0.25) is 0 Å². The third kappa shape index (κ3) is 5.11. The van der Waals surface area contributed by atoms with Crippen LogP contribution >= 0.6 is 0 Å². The third-order valence-electron chi connectivity index (χ3n) is 6.96. The molecule has 5 rings (SSSR count). The number of ether oxygens (including phenoxy) is 1. The number of benzene rings is 1. The average molecular weight is 500 g/mol. The molecule has 9 nitrogen and oxygen atoms in total. The van der Waals surface area contributed by atoms with E-state index < -0.39 is 11.6 Å². The number of anilines is 2. The number of nitrogens with zero attached hydrogens (tertiary/aromatic N) is 6. The first-order valence-electron chi connectivity index (χ1n) is 12.4. The molecule has 0 unspecified atom stereocenters. The van der Waals surface area contributed by atoms with Crippen molar-refractivity contribution in [2.24, 2.45) is 11.7 Å². The van der Waals surface area contributed by atoms with Crippen LogP contribution in [-0.2, 0) is 0 Å². The standard InChI is InChI=1S/C25H31F2N7O2/c1-15(2)23-31-25(36-32-23)33-8-6-16(7-9-33)14-35-17-10-29-24(30-11-17)34-12-19(21(28)13-34)18-4-3-5-20(26)22(18)27/h3-5,10-11,15-16,19,21H,6-9,12-14,28H2,1-2H3/t19-,21+/m1/s1. The molecule has 0 saturated carbocycles. The van der Waals surface area contributed by atoms with E-state index in [-0.39, 0.29) is 23.4 Å². The van der Waals surface area contributed by atoms with E-state index in [0.29, 0.717) is 43.3 Å². The van der Waals surface area contributed by atoms with Crippen LogP contribution in [0.5, 0.6) is 5.75 Å². The number of hydrogen-bond donors (Lipinski definition) is 1. The highest BCUT2D eigenvalue weighted by Crippen LogP contribution is 2.31. The highest BCUT2D eigenvalue weighted by Gasteiger charge is 2.35. The van der Waals surface area contributed by atoms with E-state index in [0.717, 1.165) is 37.8 Å². The molecular formula is C25H31F2N7O2. The molecule has 11 heteroatoms. The number of rotatable bonds is 7. The Morgan fingerprint density at radius 2 is 1.86 bits per heavy atom. The third-order valence-corrected chi connectivity index (χ3v) is 6.96. The summed E-state index contributed by atoms with van der Waals surface area (Å²) in [5.74, 6) is 0.418. The van der Waals surface area contributed by atoms with Gasteiger partial charge in [0.1, 0.15) is 0 Å². The maximum Gasteiger partial charge on any atom is 0.324 e. The van der Waals surface area contributed by atoms with Gasteiger partial charge in [0.2, 0.25) is 5.95 Å². The van der Waals surface area contributed by atoms with E-state index in [1.54, 1.807) is 18.5 Å². The van der Waals surface area contributed by atoms with Crippen LogP contribution < -0.4 is 20.3 Å². The second kappa shape index (κ2) is 10.3. The van der Waals surface area contributed by atoms with Crippen LogP contribution in [0, 0.1) is 17.6 Å². The lowest BCUT2D eigenvalue weighted by atomic mass is 9.94. The van der Waals surface area contributed by atoms with Gasteiger partial charge in [0.25, 0.3) is 0 Å². The summed E-state index contributed by atoms with van der Waals surface area (Å²) in [4.78, 5) is 17.3. The number of hydrogen-bond acceptors (Lipinski definition) is 9. The van der Waals surface area contributed by atoms with Crippen LogP contribution in [0.25, 0.3) is 0 Å². The molecule has 36 heavy (non-hydrogen) atoms. The summed E-state index contributed by atoms with van der Waals surface area (Å²) in [5.41, 5.74) is 6.54. The minimum absolute atomic E-state index is 0.238. The lowest BCUT2D eigenvalue weighted by Crippen LogP contribution is -2.35. The van der Waals surface area contributed by atoms with Gasteiger partial charge in [-0.1, -0.05) is 31.1 Å². The number of piperidine rings is 1. The molecule has 2 atom stereocenters. The molecule has 0 aliphatic carbocycles. The molecule has 1 aromatic carbocycles. The fourth-order valence-corrected chi connectivity index (χ4v) is 4.77. The van der Waals surface area contributed by atoms with Crippen LogP contribution in [0.4, 0.5) is 20.7 Å². The van der Waals surface area contributed by atoms with E-state index in [1.165, 1.54) is 6.07 Å². The molecule has 0 amide bonds. The van der Waals surface area contributed by atoms with Crippen LogP contribution in [-0.4, -0.2) is 58.9 Å². The second-order valence-corrected chi connectivity index (χ2v) is 9.87. The van der Waals surface area contributed by atoms with Crippen LogP contribution in [0.15, 0.2) is 35.1 Å². The smallest absolute Gasteiger partial charge is 0.324 e. The first kappa shape index (κ1) is 24.4. The minimum Gasteiger partial charge on any atom is -0.490 e. The number of halogens is 2. The van der Waals surface area contributed by atoms with E-state index in [1.807, 2.05) is 18.7 Å². The van der Waals surface area contributed by atoms with Crippen LogP contribution in [0.2, 0.25) is 0 Å². The molecule has 0 bridgehead atoms. The van der Waals surface area contributed by atoms with Gasteiger partial charge >= 0.3 is 6.01 Å². The maximum absolute atomic E-state index is 14.3. The predicted octanol–water partition coefficient (Wildman–Crippen LogP) is 3.49. The molecule has 2 aliphatic heterocycles. The summed E-state index contributed by atoms with van der Waals surface area (Å²) in [6.45, 7) is 7.21. The van der Waals surface area contributed by atoms with Crippen molar-refractivity contribution in [3.63, 3.8) is 0 Å². The quantitative estimate of drug-likeness (QED) is 0.523. The van der Waals surface area contributed by atoms with Crippen molar-refractivity contribution < 1.29 is 18.0 Å². The Morgan fingerprint density at radius 1 is 1.11 bits per heavy atom. The molecule has 2 saturated heterocycles. The Hall–Kier alpha value is -3.34. The normalized spacial score (nSPS) is 20.9. The first-order chi connectivity index (χ1) is 17.4. The minimum atomic E-state index is -0.864. The summed E-state index contributed by atoms with van der Waals surface area (Å²) >= 11 is 0. The average Bonchev–Trinajstić information content (AvgIpc) is 3.53. The molecular weight excluding hydrogens is 468 g/mol. The topological polar surface area (TPSA) is 106 Å². The Labute approximate surface area is 208 Å². The van der Waals surface area contributed by atoms with Crippen molar-refractivity contribution in [1.82, 2.24) is 20.1 Å². The summed E-state index contributed by atoms with van der Waals surface area (Å²) in [6.07, 6.45) is 5.21. The van der Waals surface area contributed by atoms with Gasteiger partial charge in [-0.15, -0.1) is 0 Å². The molecule has 0 radical (unpaired) electrons. The van der Waals surface area contributed by atoms with Crippen molar-refractivity contribution in [1.29, 1.82) is 0 Å². The highest BCUT2D eigenvalue weighted by atomic mass is 19.2. The van der Waals surface area contributed by atoms with E-state index in [9.17, 15) is 8.78 Å². The highest BCUT2D eigenvalue weighted by molar-refractivity contribution is 5.39. The molecule has 2 fully saturated rings. The number of aromatic nitrogens is 4. The monoisotopic (exact) mass is 499 g/mol. The lowest BCUT2D eigenvalue weighted by Gasteiger charge is -2.30. The molecule has 4 heterocycles. The largest absolute Gasteiger partial charge is 0.490 e. The molecule has 2 aromatic heterocycles. The van der Waals surface area contributed by atoms with Gasteiger partial charge in [-0.2, -0.15) is 4.98 Å². The van der Waals surface area contributed by atoms with Crippen molar-refractivity contribution in [3.8, 4) is 5.75 Å². The van der Waals surface area contributed by atoms with Gasteiger partial charge in [-0.25, -0.2) is 18.7 Å². The van der Waals surface area contributed by atoms with E-state index >= 15 is 0 Å². The molecule has 2 aliphatic rings. The zero-order chi connectivity index (χ0) is 25.2. The Kier molecular flexibility index (Phi) is 6.99. The second-order valence-electron chi connectivity index (χ2n) is 9.87.